The van der Waals surface area contributed by atoms with Crippen LogP contribution in [-0.4, -0.2) is 28.0 Å². The van der Waals surface area contributed by atoms with Gasteiger partial charge in [-0.15, -0.1) is 0 Å². The smallest absolute Gasteiger partial charge is 0.203 e. The van der Waals surface area contributed by atoms with Crippen LogP contribution in [0.25, 0.3) is 22.2 Å². The third-order valence-electron chi connectivity index (χ3n) is 5.15. The summed E-state index contributed by atoms with van der Waals surface area (Å²) in [4.78, 5) is 14.8. The zero-order valence-electron chi connectivity index (χ0n) is 15.8. The molecule has 0 radical (unpaired) electrons. The molecule has 0 amide bonds. The van der Waals surface area contributed by atoms with Gasteiger partial charge in [-0.05, 0) is 60.7 Å². The van der Waals surface area contributed by atoms with E-state index >= 15 is 0 Å². The Labute approximate surface area is 168 Å². The Morgan fingerprint density at radius 2 is 1.69 bits per heavy atom. The number of imidazole rings is 1. The Bertz CT molecular complexity index is 1210. The third kappa shape index (κ3) is 3.70. The average Bonchev–Trinajstić information content (AvgIpc) is 3.42. The van der Waals surface area contributed by atoms with Gasteiger partial charge in [-0.25, -0.2) is 14.4 Å². The van der Waals surface area contributed by atoms with Crippen LogP contribution in [0.1, 0.15) is 24.1 Å². The van der Waals surface area contributed by atoms with Gasteiger partial charge < -0.3 is 9.88 Å². The Morgan fingerprint density at radius 1 is 0.897 bits per heavy atom. The van der Waals surface area contributed by atoms with E-state index in [-0.39, 0.29) is 5.82 Å². The molecule has 142 valence electrons. The summed E-state index contributed by atoms with van der Waals surface area (Å²) in [7, 11) is 0. The molecule has 1 saturated heterocycles. The number of pyridine rings is 1. The molecule has 0 atom stereocenters. The molecule has 0 aliphatic carbocycles. The number of H-pyrrole nitrogens is 1. The first-order chi connectivity index (χ1) is 14.2. The van der Waals surface area contributed by atoms with E-state index in [1.165, 1.54) is 25.0 Å². The van der Waals surface area contributed by atoms with Gasteiger partial charge in [-0.2, -0.15) is 0 Å². The topological polar surface area (TPSA) is 44.8 Å². The number of hydrogen-bond donors (Lipinski definition) is 1. The van der Waals surface area contributed by atoms with Crippen molar-refractivity contribution < 1.29 is 4.39 Å². The summed E-state index contributed by atoms with van der Waals surface area (Å²) in [6.07, 6.45) is 4.21. The van der Waals surface area contributed by atoms with Crippen LogP contribution in [0.15, 0.2) is 60.8 Å². The molecule has 4 nitrogen and oxygen atoms in total. The van der Waals surface area contributed by atoms with Crippen molar-refractivity contribution >= 4 is 17.0 Å². The summed E-state index contributed by atoms with van der Waals surface area (Å²) in [6.45, 7) is 2.12. The van der Waals surface area contributed by atoms with Crippen LogP contribution in [-0.2, 0) is 0 Å². The number of anilines is 1. The van der Waals surface area contributed by atoms with E-state index in [9.17, 15) is 4.39 Å². The van der Waals surface area contributed by atoms with E-state index in [1.807, 2.05) is 30.3 Å². The number of halogens is 1. The Hall–Kier alpha value is -3.65. The number of aromatic nitrogens is 3. The third-order valence-corrected chi connectivity index (χ3v) is 5.15. The number of fused-ring (bicyclic) bond motifs is 1. The van der Waals surface area contributed by atoms with Crippen molar-refractivity contribution in [3.63, 3.8) is 0 Å². The Balaban J connectivity index is 1.36. The molecule has 0 unspecified atom stereocenters. The molecule has 0 spiro atoms. The summed E-state index contributed by atoms with van der Waals surface area (Å²) < 4.78 is 13.1. The normalized spacial score (nSPS) is 13.5. The summed E-state index contributed by atoms with van der Waals surface area (Å²) >= 11 is 0. The molecule has 1 fully saturated rings. The zero-order valence-corrected chi connectivity index (χ0v) is 15.8. The van der Waals surface area contributed by atoms with Crippen molar-refractivity contribution in [1.82, 2.24) is 15.0 Å². The minimum Gasteiger partial charge on any atom is -0.342 e. The highest BCUT2D eigenvalue weighted by atomic mass is 19.1. The van der Waals surface area contributed by atoms with Crippen molar-refractivity contribution in [2.75, 3.05) is 18.0 Å². The monoisotopic (exact) mass is 382 g/mol. The molecular formula is C24H19FN4. The minimum absolute atomic E-state index is 0.244. The predicted molar refractivity (Wildman–Crippen MR) is 113 cm³/mol. The van der Waals surface area contributed by atoms with Crippen LogP contribution in [0.4, 0.5) is 10.3 Å². The molecule has 1 N–H and O–H groups in total. The average molecular weight is 382 g/mol. The number of aromatic amines is 1. The molecule has 2 aromatic heterocycles. The zero-order chi connectivity index (χ0) is 19.6. The molecule has 5 heteroatoms. The highest BCUT2D eigenvalue weighted by Crippen LogP contribution is 2.22. The van der Waals surface area contributed by atoms with Gasteiger partial charge in [0, 0.05) is 30.4 Å². The SMILES string of the molecule is Fc1ccc(-c2ccc(C#Cc3ccc4nc(N5CCCC5)[nH]c4c3)nc2)cc1. The van der Waals surface area contributed by atoms with Gasteiger partial charge in [0.2, 0.25) is 5.95 Å². The fourth-order valence-electron chi connectivity index (χ4n) is 3.57. The summed E-state index contributed by atoms with van der Waals surface area (Å²) in [5.74, 6) is 6.99. The lowest BCUT2D eigenvalue weighted by molar-refractivity contribution is 0.628. The molecule has 1 aliphatic rings. The lowest BCUT2D eigenvalue weighted by atomic mass is 10.1. The second-order valence-electron chi connectivity index (χ2n) is 7.18. The summed E-state index contributed by atoms with van der Waals surface area (Å²) in [6, 6.07) is 16.2. The van der Waals surface area contributed by atoms with Crippen LogP contribution >= 0.6 is 0 Å². The molecule has 5 rings (SSSR count). The van der Waals surface area contributed by atoms with E-state index in [0.29, 0.717) is 5.69 Å². The van der Waals surface area contributed by atoms with Gasteiger partial charge in [-0.3, -0.25) is 0 Å². The fraction of sp³-hybridized carbons (Fsp3) is 0.167. The first kappa shape index (κ1) is 17.4. The van der Waals surface area contributed by atoms with Crippen LogP contribution in [0.5, 0.6) is 0 Å². The molecule has 4 aromatic rings. The quantitative estimate of drug-likeness (QED) is 0.508. The summed E-state index contributed by atoms with van der Waals surface area (Å²) in [5.41, 5.74) is 5.43. The lowest BCUT2D eigenvalue weighted by Gasteiger charge is -2.12. The van der Waals surface area contributed by atoms with Crippen LogP contribution in [0.3, 0.4) is 0 Å². The maximum Gasteiger partial charge on any atom is 0.203 e. The molecular weight excluding hydrogens is 363 g/mol. The molecule has 0 saturated carbocycles. The van der Waals surface area contributed by atoms with Crippen LogP contribution in [0.2, 0.25) is 0 Å². The van der Waals surface area contributed by atoms with Crippen molar-refractivity contribution in [3.05, 3.63) is 77.9 Å². The van der Waals surface area contributed by atoms with Gasteiger partial charge in [-0.1, -0.05) is 24.1 Å². The van der Waals surface area contributed by atoms with E-state index in [4.69, 9.17) is 0 Å². The predicted octanol–water partition coefficient (Wildman–Crippen LogP) is 4.76. The molecule has 1 aliphatic heterocycles. The van der Waals surface area contributed by atoms with Crippen molar-refractivity contribution in [3.8, 4) is 23.0 Å². The minimum atomic E-state index is -0.244. The lowest BCUT2D eigenvalue weighted by Crippen LogP contribution is -2.18. The highest BCUT2D eigenvalue weighted by Gasteiger charge is 2.15. The van der Waals surface area contributed by atoms with Gasteiger partial charge in [0.25, 0.3) is 0 Å². The van der Waals surface area contributed by atoms with Crippen molar-refractivity contribution in [2.45, 2.75) is 12.8 Å². The largest absolute Gasteiger partial charge is 0.342 e. The Morgan fingerprint density at radius 3 is 2.45 bits per heavy atom. The first-order valence-electron chi connectivity index (χ1n) is 9.73. The fourth-order valence-corrected chi connectivity index (χ4v) is 3.57. The van der Waals surface area contributed by atoms with Gasteiger partial charge in [0.05, 0.1) is 11.0 Å². The number of nitrogens with zero attached hydrogens (tertiary/aromatic N) is 3. The van der Waals surface area contributed by atoms with E-state index in [0.717, 1.165) is 46.8 Å². The van der Waals surface area contributed by atoms with E-state index in [1.54, 1.807) is 18.3 Å². The van der Waals surface area contributed by atoms with Gasteiger partial charge >= 0.3 is 0 Å². The van der Waals surface area contributed by atoms with Crippen LogP contribution < -0.4 is 4.90 Å². The van der Waals surface area contributed by atoms with Crippen molar-refractivity contribution in [2.24, 2.45) is 0 Å². The van der Waals surface area contributed by atoms with E-state index < -0.39 is 0 Å². The number of hydrogen-bond acceptors (Lipinski definition) is 3. The summed E-state index contributed by atoms with van der Waals surface area (Å²) in [5, 5.41) is 0. The van der Waals surface area contributed by atoms with Crippen LogP contribution in [0, 0.1) is 17.7 Å². The number of benzene rings is 2. The molecule has 0 bridgehead atoms. The maximum atomic E-state index is 13.1. The van der Waals surface area contributed by atoms with Gasteiger partial charge in [0.15, 0.2) is 0 Å². The Kier molecular flexibility index (Phi) is 4.45. The molecule has 3 heterocycles. The molecule has 29 heavy (non-hydrogen) atoms. The second-order valence-corrected chi connectivity index (χ2v) is 7.18. The van der Waals surface area contributed by atoms with E-state index in [2.05, 4.69) is 31.7 Å². The second kappa shape index (κ2) is 7.40. The first-order valence-corrected chi connectivity index (χ1v) is 9.73. The number of nitrogens with one attached hydrogen (secondary N) is 1. The van der Waals surface area contributed by atoms with Crippen molar-refractivity contribution in [1.29, 1.82) is 0 Å². The standard InChI is InChI=1S/C24H19FN4/c25-20-8-5-18(6-9-20)19-7-11-21(26-16-19)10-3-17-4-12-22-23(15-17)28-24(27-22)29-13-1-2-14-29/h4-9,11-12,15-16H,1-2,13-14H2,(H,27,28). The highest BCUT2D eigenvalue weighted by molar-refractivity contribution is 5.79. The maximum absolute atomic E-state index is 13.1. The number of rotatable bonds is 2. The molecule has 2 aromatic carbocycles. The van der Waals surface area contributed by atoms with Gasteiger partial charge in [0.1, 0.15) is 11.5 Å².